The lowest BCUT2D eigenvalue weighted by Gasteiger charge is -2.24. The van der Waals surface area contributed by atoms with Gasteiger partial charge in [-0.05, 0) is 47.6 Å². The lowest BCUT2D eigenvalue weighted by Crippen LogP contribution is -2.35. The molecule has 0 atom stereocenters. The predicted molar refractivity (Wildman–Crippen MR) is 87.8 cm³/mol. The van der Waals surface area contributed by atoms with Gasteiger partial charge in [0.15, 0.2) is 0 Å². The summed E-state index contributed by atoms with van der Waals surface area (Å²) in [6, 6.07) is 0.414. The number of ether oxygens (including phenoxy) is 1. The van der Waals surface area contributed by atoms with Gasteiger partial charge in [0.2, 0.25) is 0 Å². The van der Waals surface area contributed by atoms with Crippen LogP contribution < -0.4 is 5.32 Å². The summed E-state index contributed by atoms with van der Waals surface area (Å²) < 4.78 is 7.47. The Morgan fingerprint density at radius 2 is 2.14 bits per heavy atom. The van der Waals surface area contributed by atoms with Crippen LogP contribution in [0.2, 0.25) is 0 Å². The average molecular weight is 310 g/mol. The van der Waals surface area contributed by atoms with Crippen molar-refractivity contribution in [1.82, 2.24) is 19.8 Å². The molecule has 0 radical (unpaired) electrons. The van der Waals surface area contributed by atoms with Crippen molar-refractivity contribution in [2.75, 3.05) is 20.1 Å². The van der Waals surface area contributed by atoms with Crippen LogP contribution in [0.5, 0.6) is 0 Å². The summed E-state index contributed by atoms with van der Waals surface area (Å²) in [4.78, 5) is 17.6. The molecule has 0 bridgehead atoms. The zero-order chi connectivity index (χ0) is 16.8. The van der Waals surface area contributed by atoms with E-state index in [9.17, 15) is 4.79 Å². The summed E-state index contributed by atoms with van der Waals surface area (Å²) in [5.74, 6) is 0. The fourth-order valence-corrected chi connectivity index (χ4v) is 2.02. The molecule has 126 valence electrons. The zero-order valence-electron chi connectivity index (χ0n) is 14.7. The van der Waals surface area contributed by atoms with Crippen molar-refractivity contribution in [3.8, 4) is 0 Å². The molecule has 0 saturated heterocycles. The third-order valence-electron chi connectivity index (χ3n) is 3.16. The van der Waals surface area contributed by atoms with E-state index in [1.807, 2.05) is 33.3 Å². The van der Waals surface area contributed by atoms with Crippen LogP contribution in [-0.4, -0.2) is 46.3 Å². The summed E-state index contributed by atoms with van der Waals surface area (Å²) in [5.41, 5.74) is 0.731. The Morgan fingerprint density at radius 3 is 2.73 bits per heavy atom. The molecular weight excluding hydrogens is 280 g/mol. The molecular formula is C16H30N4O2. The van der Waals surface area contributed by atoms with E-state index >= 15 is 0 Å². The molecule has 0 aromatic carbocycles. The second kappa shape index (κ2) is 8.17. The van der Waals surface area contributed by atoms with Crippen molar-refractivity contribution in [2.45, 2.75) is 59.2 Å². The van der Waals surface area contributed by atoms with Gasteiger partial charge in [-0.25, -0.2) is 9.78 Å². The first-order valence-corrected chi connectivity index (χ1v) is 7.86. The fourth-order valence-electron chi connectivity index (χ4n) is 2.02. The van der Waals surface area contributed by atoms with Gasteiger partial charge in [0.25, 0.3) is 0 Å². The Bertz CT molecular complexity index is 463. The molecule has 22 heavy (non-hydrogen) atoms. The van der Waals surface area contributed by atoms with Crippen molar-refractivity contribution in [3.05, 3.63) is 18.2 Å². The Balaban J connectivity index is 2.22. The molecule has 1 rings (SSSR count). The van der Waals surface area contributed by atoms with Crippen LogP contribution in [0, 0.1) is 0 Å². The average Bonchev–Trinajstić information content (AvgIpc) is 2.84. The molecule has 0 aliphatic carbocycles. The van der Waals surface area contributed by atoms with Crippen molar-refractivity contribution >= 4 is 6.09 Å². The maximum atomic E-state index is 11.8. The number of aromatic nitrogens is 2. The largest absolute Gasteiger partial charge is 0.444 e. The normalized spacial score (nSPS) is 11.8. The number of amides is 1. The number of carbonyl (C=O) groups excluding carboxylic acids is 1. The van der Waals surface area contributed by atoms with Crippen LogP contribution in [0.4, 0.5) is 4.79 Å². The monoisotopic (exact) mass is 310 g/mol. The van der Waals surface area contributed by atoms with Crippen molar-refractivity contribution in [1.29, 1.82) is 0 Å². The van der Waals surface area contributed by atoms with Gasteiger partial charge in [0.05, 0.1) is 12.0 Å². The molecule has 1 aromatic rings. The van der Waals surface area contributed by atoms with E-state index in [2.05, 4.69) is 28.7 Å². The number of imidazole rings is 1. The van der Waals surface area contributed by atoms with Crippen molar-refractivity contribution < 1.29 is 9.53 Å². The molecule has 1 N–H and O–H groups in total. The van der Waals surface area contributed by atoms with Crippen LogP contribution in [0.15, 0.2) is 12.5 Å². The molecule has 1 aromatic heterocycles. The van der Waals surface area contributed by atoms with Crippen LogP contribution in [0.3, 0.4) is 0 Å². The Morgan fingerprint density at radius 1 is 1.45 bits per heavy atom. The second-order valence-corrected chi connectivity index (χ2v) is 6.82. The Hall–Kier alpha value is -1.56. The number of carbonyl (C=O) groups is 1. The summed E-state index contributed by atoms with van der Waals surface area (Å²) in [7, 11) is 1.77. The molecule has 0 aliphatic rings. The first-order chi connectivity index (χ1) is 10.2. The Kier molecular flexibility index (Phi) is 6.87. The predicted octanol–water partition coefficient (Wildman–Crippen LogP) is 2.81. The second-order valence-electron chi connectivity index (χ2n) is 6.82. The van der Waals surface area contributed by atoms with Gasteiger partial charge < -0.3 is 19.5 Å². The standard InChI is InChI=1S/C16H30N4O2/c1-13(2)20-12-18-11-14(20)10-17-8-7-9-19(6)15(21)22-16(3,4)5/h11-13,17H,7-10H2,1-6H3. The van der Waals surface area contributed by atoms with Gasteiger partial charge >= 0.3 is 6.09 Å². The number of nitrogens with one attached hydrogen (secondary N) is 1. The minimum atomic E-state index is -0.446. The van der Waals surface area contributed by atoms with E-state index in [0.29, 0.717) is 12.6 Å². The zero-order valence-corrected chi connectivity index (χ0v) is 14.7. The molecule has 0 aliphatic heterocycles. The van der Waals surface area contributed by atoms with E-state index in [0.717, 1.165) is 19.5 Å². The molecule has 0 fully saturated rings. The maximum absolute atomic E-state index is 11.8. The van der Waals surface area contributed by atoms with Crippen LogP contribution in [0.25, 0.3) is 0 Å². The molecule has 0 saturated carbocycles. The van der Waals surface area contributed by atoms with Gasteiger partial charge in [-0.15, -0.1) is 0 Å². The van der Waals surface area contributed by atoms with Gasteiger partial charge in [0.1, 0.15) is 5.60 Å². The van der Waals surface area contributed by atoms with Crippen LogP contribution >= 0.6 is 0 Å². The van der Waals surface area contributed by atoms with E-state index in [4.69, 9.17) is 4.74 Å². The quantitative estimate of drug-likeness (QED) is 0.787. The smallest absolute Gasteiger partial charge is 0.410 e. The van der Waals surface area contributed by atoms with Crippen LogP contribution in [0.1, 0.15) is 52.8 Å². The van der Waals surface area contributed by atoms with Gasteiger partial charge in [-0.3, -0.25) is 0 Å². The van der Waals surface area contributed by atoms with E-state index in [1.165, 1.54) is 5.69 Å². The SMILES string of the molecule is CC(C)n1cncc1CNCCCN(C)C(=O)OC(C)(C)C. The summed E-state index contributed by atoms with van der Waals surface area (Å²) >= 11 is 0. The number of hydrogen-bond donors (Lipinski definition) is 1. The van der Waals surface area contributed by atoms with Gasteiger partial charge in [-0.2, -0.15) is 0 Å². The molecule has 6 nitrogen and oxygen atoms in total. The first kappa shape index (κ1) is 18.5. The minimum Gasteiger partial charge on any atom is -0.444 e. The highest BCUT2D eigenvalue weighted by Crippen LogP contribution is 2.09. The van der Waals surface area contributed by atoms with Gasteiger partial charge in [-0.1, -0.05) is 0 Å². The summed E-state index contributed by atoms with van der Waals surface area (Å²) in [6.07, 6.45) is 4.36. The molecule has 0 spiro atoms. The third kappa shape index (κ3) is 6.47. The number of hydrogen-bond acceptors (Lipinski definition) is 4. The van der Waals surface area contributed by atoms with E-state index < -0.39 is 5.60 Å². The highest BCUT2D eigenvalue weighted by atomic mass is 16.6. The number of rotatable bonds is 7. The third-order valence-corrected chi connectivity index (χ3v) is 3.16. The highest BCUT2D eigenvalue weighted by Gasteiger charge is 2.19. The molecule has 0 unspecified atom stereocenters. The molecule has 6 heteroatoms. The van der Waals surface area contributed by atoms with E-state index in [-0.39, 0.29) is 6.09 Å². The maximum Gasteiger partial charge on any atom is 0.410 e. The minimum absolute atomic E-state index is 0.273. The first-order valence-electron chi connectivity index (χ1n) is 7.86. The highest BCUT2D eigenvalue weighted by molar-refractivity contribution is 5.67. The fraction of sp³-hybridized carbons (Fsp3) is 0.750. The van der Waals surface area contributed by atoms with Crippen molar-refractivity contribution in [2.24, 2.45) is 0 Å². The summed E-state index contributed by atoms with van der Waals surface area (Å²) in [5, 5.41) is 3.39. The lowest BCUT2D eigenvalue weighted by molar-refractivity contribution is 0.0297. The topological polar surface area (TPSA) is 59.4 Å². The van der Waals surface area contributed by atoms with E-state index in [1.54, 1.807) is 11.9 Å². The number of nitrogens with zero attached hydrogens (tertiary/aromatic N) is 3. The summed E-state index contributed by atoms with van der Waals surface area (Å²) in [6.45, 7) is 12.2. The Labute approximate surface area is 133 Å². The molecule has 1 heterocycles. The lowest BCUT2D eigenvalue weighted by atomic mass is 10.2. The molecule has 1 amide bonds. The van der Waals surface area contributed by atoms with Crippen LogP contribution in [-0.2, 0) is 11.3 Å². The van der Waals surface area contributed by atoms with Crippen molar-refractivity contribution in [3.63, 3.8) is 0 Å². The van der Waals surface area contributed by atoms with Gasteiger partial charge in [0, 0.05) is 32.4 Å².